The van der Waals surface area contributed by atoms with E-state index >= 15 is 0 Å². The first-order chi connectivity index (χ1) is 10.6. The molecule has 0 aliphatic rings. The molecule has 2 N–H and O–H groups in total. The molecule has 4 heteroatoms. The van der Waals surface area contributed by atoms with Gasteiger partial charge in [-0.2, -0.15) is 0 Å². The van der Waals surface area contributed by atoms with Crippen LogP contribution >= 0.6 is 0 Å². The maximum absolute atomic E-state index is 12.0. The number of nitrogens with one attached hydrogen (secondary N) is 2. The van der Waals surface area contributed by atoms with Crippen LogP contribution in [0.4, 0.5) is 11.4 Å². The quantitative estimate of drug-likeness (QED) is 0.854. The summed E-state index contributed by atoms with van der Waals surface area (Å²) in [7, 11) is 0. The predicted octanol–water partition coefficient (Wildman–Crippen LogP) is 3.75. The molecule has 22 heavy (non-hydrogen) atoms. The summed E-state index contributed by atoms with van der Waals surface area (Å²) in [6.07, 6.45) is 0. The molecule has 1 amide bonds. The van der Waals surface area contributed by atoms with Crippen LogP contribution in [0.1, 0.15) is 18.1 Å². The van der Waals surface area contributed by atoms with E-state index in [-0.39, 0.29) is 12.5 Å². The van der Waals surface area contributed by atoms with Crippen molar-refractivity contribution in [3.8, 4) is 5.75 Å². The van der Waals surface area contributed by atoms with Gasteiger partial charge in [-0.15, -0.1) is 0 Å². The van der Waals surface area contributed by atoms with Gasteiger partial charge in [-0.3, -0.25) is 4.79 Å². The summed E-state index contributed by atoms with van der Waals surface area (Å²) < 4.78 is 5.44. The van der Waals surface area contributed by atoms with Crippen molar-refractivity contribution in [2.45, 2.75) is 20.8 Å². The van der Waals surface area contributed by atoms with Crippen molar-refractivity contribution < 1.29 is 9.53 Å². The van der Waals surface area contributed by atoms with Crippen LogP contribution < -0.4 is 15.4 Å². The second-order valence-corrected chi connectivity index (χ2v) is 5.18. The van der Waals surface area contributed by atoms with Crippen LogP contribution in [0.5, 0.6) is 5.75 Å². The molecule has 0 atom stereocenters. The van der Waals surface area contributed by atoms with Gasteiger partial charge in [-0.1, -0.05) is 23.8 Å². The standard InChI is InChI=1S/C18H22N2O2/c1-4-22-16-7-5-6-15(11-16)19-12-18(21)20-17-9-8-13(2)10-14(17)3/h5-11,19H,4,12H2,1-3H3,(H,20,21). The van der Waals surface area contributed by atoms with Crippen LogP contribution in [0.2, 0.25) is 0 Å². The molecule has 0 spiro atoms. The zero-order chi connectivity index (χ0) is 15.9. The van der Waals surface area contributed by atoms with Gasteiger partial charge in [0.1, 0.15) is 5.75 Å². The maximum Gasteiger partial charge on any atom is 0.243 e. The summed E-state index contributed by atoms with van der Waals surface area (Å²) >= 11 is 0. The highest BCUT2D eigenvalue weighted by atomic mass is 16.5. The van der Waals surface area contributed by atoms with Gasteiger partial charge in [0.15, 0.2) is 0 Å². The Hall–Kier alpha value is -2.49. The van der Waals surface area contributed by atoms with Crippen LogP contribution in [-0.2, 0) is 4.79 Å². The Morgan fingerprint density at radius 3 is 2.68 bits per heavy atom. The van der Waals surface area contributed by atoms with Crippen LogP contribution in [-0.4, -0.2) is 19.1 Å². The summed E-state index contributed by atoms with van der Waals surface area (Å²) in [5, 5.41) is 6.02. The second-order valence-electron chi connectivity index (χ2n) is 5.18. The Kier molecular flexibility index (Phi) is 5.42. The highest BCUT2D eigenvalue weighted by Gasteiger charge is 2.05. The lowest BCUT2D eigenvalue weighted by molar-refractivity contribution is -0.114. The summed E-state index contributed by atoms with van der Waals surface area (Å²) in [5.41, 5.74) is 3.95. The minimum atomic E-state index is -0.0752. The average molecular weight is 298 g/mol. The average Bonchev–Trinajstić information content (AvgIpc) is 2.49. The molecule has 0 unspecified atom stereocenters. The molecule has 0 bridgehead atoms. The fourth-order valence-electron chi connectivity index (χ4n) is 2.19. The molecule has 116 valence electrons. The van der Waals surface area contributed by atoms with Gasteiger partial charge < -0.3 is 15.4 Å². The van der Waals surface area contributed by atoms with Gasteiger partial charge >= 0.3 is 0 Å². The monoisotopic (exact) mass is 298 g/mol. The molecule has 0 fully saturated rings. The number of ether oxygens (including phenoxy) is 1. The lowest BCUT2D eigenvalue weighted by Gasteiger charge is -2.11. The first-order valence-corrected chi connectivity index (χ1v) is 7.42. The molecule has 0 aliphatic carbocycles. The van der Waals surface area contributed by atoms with Crippen LogP contribution in [0.15, 0.2) is 42.5 Å². The van der Waals surface area contributed by atoms with Gasteiger partial charge in [0.2, 0.25) is 5.91 Å². The molecule has 2 rings (SSSR count). The van der Waals surface area contributed by atoms with Crippen molar-refractivity contribution in [1.82, 2.24) is 0 Å². The molecular weight excluding hydrogens is 276 g/mol. The van der Waals surface area contributed by atoms with E-state index in [2.05, 4.69) is 16.7 Å². The van der Waals surface area contributed by atoms with Crippen molar-refractivity contribution >= 4 is 17.3 Å². The number of hydrogen-bond acceptors (Lipinski definition) is 3. The number of benzene rings is 2. The van der Waals surface area contributed by atoms with E-state index in [4.69, 9.17) is 4.74 Å². The molecule has 0 aromatic heterocycles. The topological polar surface area (TPSA) is 50.4 Å². The van der Waals surface area contributed by atoms with Gasteiger partial charge in [0.05, 0.1) is 13.2 Å². The third-order valence-corrected chi connectivity index (χ3v) is 3.25. The van der Waals surface area contributed by atoms with Crippen molar-refractivity contribution in [2.24, 2.45) is 0 Å². The van der Waals surface area contributed by atoms with E-state index in [9.17, 15) is 4.79 Å². The van der Waals surface area contributed by atoms with Crippen molar-refractivity contribution in [2.75, 3.05) is 23.8 Å². The highest BCUT2D eigenvalue weighted by Crippen LogP contribution is 2.18. The molecule has 0 heterocycles. The van der Waals surface area contributed by atoms with Crippen molar-refractivity contribution in [3.63, 3.8) is 0 Å². The Morgan fingerprint density at radius 1 is 1.14 bits per heavy atom. The Balaban J connectivity index is 1.91. The fraction of sp³-hybridized carbons (Fsp3) is 0.278. The summed E-state index contributed by atoms with van der Waals surface area (Å²) in [6.45, 7) is 6.80. The number of anilines is 2. The summed E-state index contributed by atoms with van der Waals surface area (Å²) in [5.74, 6) is 0.719. The molecule has 2 aromatic rings. The van der Waals surface area contributed by atoms with E-state index in [0.29, 0.717) is 6.61 Å². The van der Waals surface area contributed by atoms with E-state index in [1.165, 1.54) is 5.56 Å². The lowest BCUT2D eigenvalue weighted by Crippen LogP contribution is -2.22. The largest absolute Gasteiger partial charge is 0.494 e. The normalized spacial score (nSPS) is 10.1. The Bertz CT molecular complexity index is 653. The molecular formula is C18H22N2O2. The van der Waals surface area contributed by atoms with Gasteiger partial charge in [-0.25, -0.2) is 0 Å². The van der Waals surface area contributed by atoms with Crippen molar-refractivity contribution in [1.29, 1.82) is 0 Å². The highest BCUT2D eigenvalue weighted by molar-refractivity contribution is 5.94. The van der Waals surface area contributed by atoms with E-state index in [1.807, 2.05) is 57.2 Å². The van der Waals surface area contributed by atoms with Crippen molar-refractivity contribution in [3.05, 3.63) is 53.6 Å². The molecule has 0 saturated carbocycles. The number of hydrogen-bond donors (Lipinski definition) is 2. The molecule has 0 aliphatic heterocycles. The minimum absolute atomic E-state index is 0.0752. The Morgan fingerprint density at radius 2 is 1.95 bits per heavy atom. The van der Waals surface area contributed by atoms with Gasteiger partial charge in [0.25, 0.3) is 0 Å². The first kappa shape index (κ1) is 15.9. The SMILES string of the molecule is CCOc1cccc(NCC(=O)Nc2ccc(C)cc2C)c1. The third-order valence-electron chi connectivity index (χ3n) is 3.25. The van der Waals surface area contributed by atoms with Crippen LogP contribution in [0.25, 0.3) is 0 Å². The number of aryl methyl sites for hydroxylation is 2. The molecule has 0 saturated heterocycles. The zero-order valence-corrected chi connectivity index (χ0v) is 13.3. The summed E-state index contributed by atoms with van der Waals surface area (Å²) in [6, 6.07) is 13.6. The first-order valence-electron chi connectivity index (χ1n) is 7.42. The molecule has 2 aromatic carbocycles. The zero-order valence-electron chi connectivity index (χ0n) is 13.3. The molecule has 4 nitrogen and oxygen atoms in total. The second kappa shape index (κ2) is 7.50. The molecule has 0 radical (unpaired) electrons. The van der Waals surface area contributed by atoms with E-state index in [1.54, 1.807) is 0 Å². The van der Waals surface area contributed by atoms with Crippen LogP contribution in [0.3, 0.4) is 0 Å². The lowest BCUT2D eigenvalue weighted by atomic mass is 10.1. The van der Waals surface area contributed by atoms with Gasteiger partial charge in [0, 0.05) is 17.4 Å². The number of rotatable bonds is 6. The fourth-order valence-corrected chi connectivity index (χ4v) is 2.19. The maximum atomic E-state index is 12.0. The Labute approximate surface area is 131 Å². The predicted molar refractivity (Wildman–Crippen MR) is 90.6 cm³/mol. The third kappa shape index (κ3) is 4.52. The smallest absolute Gasteiger partial charge is 0.243 e. The minimum Gasteiger partial charge on any atom is -0.494 e. The number of amides is 1. The van der Waals surface area contributed by atoms with E-state index < -0.39 is 0 Å². The number of carbonyl (C=O) groups is 1. The summed E-state index contributed by atoms with van der Waals surface area (Å²) in [4.78, 5) is 12.0. The van der Waals surface area contributed by atoms with Gasteiger partial charge in [-0.05, 0) is 44.5 Å². The van der Waals surface area contributed by atoms with E-state index in [0.717, 1.165) is 22.7 Å². The number of carbonyl (C=O) groups excluding carboxylic acids is 1. The van der Waals surface area contributed by atoms with Crippen LogP contribution in [0, 0.1) is 13.8 Å².